The Labute approximate surface area is 130 Å². The van der Waals surface area contributed by atoms with Gasteiger partial charge in [-0.2, -0.15) is 0 Å². The van der Waals surface area contributed by atoms with Crippen LogP contribution in [0.1, 0.15) is 28.8 Å². The molecule has 6 heteroatoms. The zero-order valence-electron chi connectivity index (χ0n) is 11.1. The van der Waals surface area contributed by atoms with Gasteiger partial charge in [0.1, 0.15) is 0 Å². The molecule has 1 aliphatic rings. The third-order valence-corrected chi connectivity index (χ3v) is 4.84. The number of aryl methyl sites for hydroxylation is 1. The molecule has 0 radical (unpaired) electrons. The summed E-state index contributed by atoms with van der Waals surface area (Å²) in [6.07, 6.45) is 0.397. The van der Waals surface area contributed by atoms with Crippen LogP contribution in [0.3, 0.4) is 0 Å². The summed E-state index contributed by atoms with van der Waals surface area (Å²) in [7, 11) is 0. The average molecular weight is 389 g/mol. The van der Waals surface area contributed by atoms with Gasteiger partial charge in [0.15, 0.2) is 0 Å². The Balaban J connectivity index is 2.20. The highest BCUT2D eigenvalue weighted by molar-refractivity contribution is 14.1. The molecule has 1 heterocycles. The molecule has 0 spiro atoms. The molecular weight excluding hydrogens is 373 g/mol. The van der Waals surface area contributed by atoms with Gasteiger partial charge in [-0.05, 0) is 47.6 Å². The van der Waals surface area contributed by atoms with E-state index in [4.69, 9.17) is 9.84 Å². The smallest absolute Gasteiger partial charge is 0.305 e. The Morgan fingerprint density at radius 3 is 2.85 bits per heavy atom. The lowest BCUT2D eigenvalue weighted by atomic mass is 9.93. The zero-order chi connectivity index (χ0) is 14.8. The van der Waals surface area contributed by atoms with E-state index in [1.165, 1.54) is 0 Å². The summed E-state index contributed by atoms with van der Waals surface area (Å²) >= 11 is 2.13. The Morgan fingerprint density at radius 1 is 1.50 bits per heavy atom. The number of hydrogen-bond donors (Lipinski definition) is 2. The first-order chi connectivity index (χ1) is 9.43. The van der Waals surface area contributed by atoms with Crippen LogP contribution in [0.5, 0.6) is 0 Å². The number of amides is 1. The van der Waals surface area contributed by atoms with Crippen molar-refractivity contribution in [3.05, 3.63) is 32.9 Å². The molecule has 1 atom stereocenters. The number of carbonyl (C=O) groups is 2. The highest BCUT2D eigenvalue weighted by Gasteiger charge is 2.39. The van der Waals surface area contributed by atoms with Crippen molar-refractivity contribution in [3.8, 4) is 0 Å². The zero-order valence-corrected chi connectivity index (χ0v) is 13.3. The third-order valence-electron chi connectivity index (χ3n) is 3.41. The number of hydrogen-bond acceptors (Lipinski definition) is 3. The second-order valence-corrected chi connectivity index (χ2v) is 6.12. The minimum Gasteiger partial charge on any atom is -0.481 e. The van der Waals surface area contributed by atoms with E-state index in [9.17, 15) is 9.59 Å². The van der Waals surface area contributed by atoms with E-state index in [0.717, 1.165) is 9.13 Å². The van der Waals surface area contributed by atoms with Gasteiger partial charge in [-0.1, -0.05) is 12.1 Å². The third kappa shape index (κ3) is 3.29. The molecule has 0 aromatic heterocycles. The van der Waals surface area contributed by atoms with E-state index in [1.807, 2.05) is 19.1 Å². The molecule has 1 aromatic rings. The second kappa shape index (κ2) is 6.09. The molecule has 1 unspecified atom stereocenters. The van der Waals surface area contributed by atoms with Crippen LogP contribution in [0, 0.1) is 10.5 Å². The molecule has 20 heavy (non-hydrogen) atoms. The van der Waals surface area contributed by atoms with Gasteiger partial charge < -0.3 is 15.2 Å². The Morgan fingerprint density at radius 2 is 2.25 bits per heavy atom. The number of ether oxygens (including phenoxy) is 1. The molecule has 1 aromatic carbocycles. The maximum atomic E-state index is 12.4. The van der Waals surface area contributed by atoms with E-state index in [-0.39, 0.29) is 18.9 Å². The predicted molar refractivity (Wildman–Crippen MR) is 81.8 cm³/mol. The number of halogens is 1. The van der Waals surface area contributed by atoms with Crippen molar-refractivity contribution in [2.24, 2.45) is 0 Å². The Bertz CT molecular complexity index is 538. The van der Waals surface area contributed by atoms with Crippen molar-refractivity contribution in [2.75, 3.05) is 13.2 Å². The molecule has 2 N–H and O–H groups in total. The Kier molecular flexibility index (Phi) is 4.64. The first-order valence-electron chi connectivity index (χ1n) is 6.31. The fourth-order valence-electron chi connectivity index (χ4n) is 2.31. The molecule has 2 rings (SSSR count). The van der Waals surface area contributed by atoms with Crippen molar-refractivity contribution in [1.82, 2.24) is 5.32 Å². The summed E-state index contributed by atoms with van der Waals surface area (Å²) in [6.45, 7) is 2.65. The standard InChI is InChI=1S/C14H16INO4/c1-9-3-2-4-10(12(9)15)13(19)16-14(7-11(17)18)5-6-20-8-14/h2-4H,5-8H2,1H3,(H,16,19)(H,17,18). The van der Waals surface area contributed by atoms with Gasteiger partial charge in [0.2, 0.25) is 0 Å². The van der Waals surface area contributed by atoms with Crippen LogP contribution in [0.25, 0.3) is 0 Å². The second-order valence-electron chi connectivity index (χ2n) is 5.04. The van der Waals surface area contributed by atoms with Gasteiger partial charge in [0.25, 0.3) is 5.91 Å². The lowest BCUT2D eigenvalue weighted by Gasteiger charge is -2.27. The van der Waals surface area contributed by atoms with Gasteiger partial charge >= 0.3 is 5.97 Å². The minimum atomic E-state index is -0.935. The number of nitrogens with one attached hydrogen (secondary N) is 1. The largest absolute Gasteiger partial charge is 0.481 e. The van der Waals surface area contributed by atoms with Crippen LogP contribution < -0.4 is 5.32 Å². The number of aliphatic carboxylic acids is 1. The summed E-state index contributed by atoms with van der Waals surface area (Å²) < 4.78 is 6.15. The van der Waals surface area contributed by atoms with Crippen LogP contribution >= 0.6 is 22.6 Å². The van der Waals surface area contributed by atoms with Gasteiger partial charge in [-0.15, -0.1) is 0 Å². The van der Waals surface area contributed by atoms with E-state index in [0.29, 0.717) is 18.6 Å². The number of rotatable bonds is 4. The monoisotopic (exact) mass is 389 g/mol. The Hall–Kier alpha value is -1.15. The number of carboxylic acid groups (broad SMARTS) is 1. The van der Waals surface area contributed by atoms with Gasteiger partial charge in [0, 0.05) is 10.2 Å². The van der Waals surface area contributed by atoms with E-state index < -0.39 is 11.5 Å². The van der Waals surface area contributed by atoms with Crippen molar-refractivity contribution in [3.63, 3.8) is 0 Å². The van der Waals surface area contributed by atoms with Crippen molar-refractivity contribution >= 4 is 34.5 Å². The van der Waals surface area contributed by atoms with Crippen LogP contribution in [-0.2, 0) is 9.53 Å². The van der Waals surface area contributed by atoms with Crippen LogP contribution in [0.4, 0.5) is 0 Å². The van der Waals surface area contributed by atoms with Crippen LogP contribution in [-0.4, -0.2) is 35.7 Å². The van der Waals surface area contributed by atoms with Gasteiger partial charge in [0.05, 0.1) is 24.1 Å². The summed E-state index contributed by atoms with van der Waals surface area (Å²) in [5.74, 6) is -1.18. The van der Waals surface area contributed by atoms with Crippen LogP contribution in [0.15, 0.2) is 18.2 Å². The highest BCUT2D eigenvalue weighted by atomic mass is 127. The number of carbonyl (C=O) groups excluding carboxylic acids is 1. The fourth-order valence-corrected chi connectivity index (χ4v) is 2.91. The summed E-state index contributed by atoms with van der Waals surface area (Å²) in [4.78, 5) is 23.4. The van der Waals surface area contributed by atoms with Crippen molar-refractivity contribution in [1.29, 1.82) is 0 Å². The maximum absolute atomic E-state index is 12.4. The van der Waals surface area contributed by atoms with Crippen molar-refractivity contribution < 1.29 is 19.4 Å². The van der Waals surface area contributed by atoms with E-state index in [1.54, 1.807) is 6.07 Å². The lowest BCUT2D eigenvalue weighted by Crippen LogP contribution is -2.50. The van der Waals surface area contributed by atoms with E-state index in [2.05, 4.69) is 27.9 Å². The molecule has 0 aliphatic carbocycles. The maximum Gasteiger partial charge on any atom is 0.305 e. The van der Waals surface area contributed by atoms with Crippen molar-refractivity contribution in [2.45, 2.75) is 25.3 Å². The van der Waals surface area contributed by atoms with E-state index >= 15 is 0 Å². The minimum absolute atomic E-state index is 0.124. The number of carboxylic acids is 1. The highest BCUT2D eigenvalue weighted by Crippen LogP contribution is 2.24. The lowest BCUT2D eigenvalue weighted by molar-refractivity contribution is -0.138. The summed E-state index contributed by atoms with van der Waals surface area (Å²) in [6, 6.07) is 5.50. The first-order valence-corrected chi connectivity index (χ1v) is 7.39. The quantitative estimate of drug-likeness (QED) is 0.773. The molecule has 0 saturated carbocycles. The first kappa shape index (κ1) is 15.2. The molecule has 1 fully saturated rings. The normalized spacial score (nSPS) is 21.7. The fraction of sp³-hybridized carbons (Fsp3) is 0.429. The number of benzene rings is 1. The molecule has 108 valence electrons. The van der Waals surface area contributed by atoms with Gasteiger partial charge in [-0.25, -0.2) is 0 Å². The molecular formula is C14H16INO4. The molecule has 1 amide bonds. The molecule has 1 saturated heterocycles. The molecule has 5 nitrogen and oxygen atoms in total. The summed E-state index contributed by atoms with van der Waals surface area (Å²) in [5.41, 5.74) is 0.797. The predicted octanol–water partition coefficient (Wildman–Crippen LogP) is 1.96. The van der Waals surface area contributed by atoms with Gasteiger partial charge in [-0.3, -0.25) is 9.59 Å². The molecule has 0 bridgehead atoms. The topological polar surface area (TPSA) is 75.6 Å². The SMILES string of the molecule is Cc1cccc(C(=O)NC2(CC(=O)O)CCOC2)c1I. The molecule has 1 aliphatic heterocycles. The summed E-state index contributed by atoms with van der Waals surface area (Å²) in [5, 5.41) is 11.9. The average Bonchev–Trinajstić information content (AvgIpc) is 2.79. The van der Waals surface area contributed by atoms with Crippen LogP contribution in [0.2, 0.25) is 0 Å².